The number of methoxy groups -OCH3 is 1. The zero-order valence-corrected chi connectivity index (χ0v) is 10.3. The number of ether oxygens (including phenoxy) is 1. The summed E-state index contributed by atoms with van der Waals surface area (Å²) in [5.74, 6) is -2.54. The molecule has 0 unspecified atom stereocenters. The summed E-state index contributed by atoms with van der Waals surface area (Å²) < 4.78 is 36.1. The number of hydrogen-bond donors (Lipinski definition) is 1. The molecule has 0 atom stereocenters. The number of rotatable bonds is 3. The predicted molar refractivity (Wildman–Crippen MR) is 59.7 cm³/mol. The van der Waals surface area contributed by atoms with Crippen LogP contribution < -0.4 is 5.73 Å². The van der Waals surface area contributed by atoms with Crippen molar-refractivity contribution in [3.63, 3.8) is 0 Å². The average molecular weight is 259 g/mol. The molecule has 1 aliphatic carbocycles. The first kappa shape index (κ1) is 13.0. The van der Waals surface area contributed by atoms with E-state index in [9.17, 15) is 13.6 Å². The van der Waals surface area contributed by atoms with E-state index < -0.39 is 17.3 Å². The Hall–Kier alpha value is -1.43. The molecule has 6 heteroatoms. The highest BCUT2D eigenvalue weighted by molar-refractivity contribution is 5.90. The summed E-state index contributed by atoms with van der Waals surface area (Å²) in [6, 6.07) is 1.46. The molecule has 4 nitrogen and oxygen atoms in total. The van der Waals surface area contributed by atoms with Crippen molar-refractivity contribution in [1.29, 1.82) is 0 Å². The van der Waals surface area contributed by atoms with Crippen LogP contribution in [0.2, 0.25) is 0 Å². The fourth-order valence-electron chi connectivity index (χ4n) is 2.41. The molecule has 1 fully saturated rings. The fourth-order valence-corrected chi connectivity index (χ4v) is 2.41. The van der Waals surface area contributed by atoms with Crippen molar-refractivity contribution in [3.8, 4) is 0 Å². The highest BCUT2D eigenvalue weighted by atomic mass is 19.3. The van der Waals surface area contributed by atoms with Crippen LogP contribution >= 0.6 is 0 Å². The Morgan fingerprint density at radius 2 is 2.17 bits per heavy atom. The maximum atomic E-state index is 13.0. The van der Waals surface area contributed by atoms with Gasteiger partial charge in [0.25, 0.3) is 0 Å². The molecule has 0 bridgehead atoms. The van der Waals surface area contributed by atoms with Crippen molar-refractivity contribution >= 4 is 5.97 Å². The summed E-state index contributed by atoms with van der Waals surface area (Å²) in [5, 5.41) is 0. The fraction of sp³-hybridized carbons (Fsp3) is 0.583. The molecule has 0 saturated heterocycles. The summed E-state index contributed by atoms with van der Waals surface area (Å²) >= 11 is 0. The minimum atomic E-state index is -2.70. The van der Waals surface area contributed by atoms with Gasteiger partial charge in [0.1, 0.15) is 17.1 Å². The molecule has 1 saturated carbocycles. The highest BCUT2D eigenvalue weighted by Crippen LogP contribution is 2.53. The molecule has 2 N–H and O–H groups in total. The van der Waals surface area contributed by atoms with E-state index in [4.69, 9.17) is 10.2 Å². The lowest BCUT2D eigenvalue weighted by Crippen LogP contribution is -2.53. The van der Waals surface area contributed by atoms with Crippen LogP contribution in [0.25, 0.3) is 0 Å². The van der Waals surface area contributed by atoms with Crippen LogP contribution in [0.5, 0.6) is 0 Å². The summed E-state index contributed by atoms with van der Waals surface area (Å²) in [4.78, 5) is 11.4. The summed E-state index contributed by atoms with van der Waals surface area (Å²) in [5.41, 5.74) is 4.98. The van der Waals surface area contributed by atoms with Crippen LogP contribution in [0.3, 0.4) is 0 Å². The molecule has 18 heavy (non-hydrogen) atoms. The maximum absolute atomic E-state index is 13.0. The largest absolute Gasteiger partial charge is 0.465 e. The normalized spacial score (nSPS) is 20.3. The molecule has 0 aromatic carbocycles. The maximum Gasteiger partial charge on any atom is 0.341 e. The molecular weight excluding hydrogens is 244 g/mol. The van der Waals surface area contributed by atoms with E-state index in [-0.39, 0.29) is 24.9 Å². The first-order chi connectivity index (χ1) is 8.33. The van der Waals surface area contributed by atoms with Crippen LogP contribution in [0.4, 0.5) is 8.78 Å². The van der Waals surface area contributed by atoms with Gasteiger partial charge in [0.05, 0.1) is 12.5 Å². The van der Waals surface area contributed by atoms with Gasteiger partial charge >= 0.3 is 5.97 Å². The van der Waals surface area contributed by atoms with Gasteiger partial charge in [0.2, 0.25) is 5.92 Å². The van der Waals surface area contributed by atoms with Gasteiger partial charge in [-0.3, -0.25) is 0 Å². The Labute approximate surface area is 103 Å². The van der Waals surface area contributed by atoms with E-state index in [1.807, 2.05) is 0 Å². The smallest absolute Gasteiger partial charge is 0.341 e. The van der Waals surface area contributed by atoms with Crippen LogP contribution in [-0.2, 0) is 10.2 Å². The van der Waals surface area contributed by atoms with Crippen LogP contribution in [0, 0.1) is 6.92 Å². The predicted octanol–water partition coefficient (Wildman–Crippen LogP) is 2.00. The van der Waals surface area contributed by atoms with Crippen molar-refractivity contribution in [2.75, 3.05) is 13.7 Å². The third-order valence-electron chi connectivity index (χ3n) is 3.43. The van der Waals surface area contributed by atoms with Crippen LogP contribution in [0.15, 0.2) is 10.5 Å². The summed E-state index contributed by atoms with van der Waals surface area (Å²) in [6.07, 6.45) is -0.686. The average Bonchev–Trinajstić information content (AvgIpc) is 2.66. The number of esters is 1. The van der Waals surface area contributed by atoms with E-state index in [1.54, 1.807) is 6.92 Å². The van der Waals surface area contributed by atoms with Gasteiger partial charge in [-0.25, -0.2) is 13.6 Å². The molecule has 1 aromatic rings. The number of furan rings is 1. The molecule has 2 rings (SSSR count). The van der Waals surface area contributed by atoms with Gasteiger partial charge in [0, 0.05) is 19.4 Å². The zero-order valence-electron chi connectivity index (χ0n) is 10.3. The molecular formula is C12H15F2NO3. The number of halogens is 2. The zero-order chi connectivity index (χ0) is 13.6. The molecule has 1 heterocycles. The van der Waals surface area contributed by atoms with Crippen molar-refractivity contribution < 1.29 is 22.7 Å². The third kappa shape index (κ3) is 1.90. The Balaban J connectivity index is 2.32. The monoisotopic (exact) mass is 259 g/mol. The number of carbonyl (C=O) groups is 1. The molecule has 0 aliphatic heterocycles. The minimum Gasteiger partial charge on any atom is -0.465 e. The second-order valence-corrected chi connectivity index (χ2v) is 4.77. The van der Waals surface area contributed by atoms with Gasteiger partial charge in [-0.1, -0.05) is 0 Å². The van der Waals surface area contributed by atoms with Gasteiger partial charge in [0.15, 0.2) is 0 Å². The standard InChI is InChI=1S/C12H15F2NO3/c1-7-8(10(16)17-2)3-9(18-7)11(6-15)4-12(13,14)5-11/h3H,4-6,15H2,1-2H3. The van der Waals surface area contributed by atoms with Gasteiger partial charge < -0.3 is 14.9 Å². The third-order valence-corrected chi connectivity index (χ3v) is 3.43. The van der Waals surface area contributed by atoms with Crippen molar-refractivity contribution in [2.45, 2.75) is 31.1 Å². The first-order valence-electron chi connectivity index (χ1n) is 5.61. The number of carbonyl (C=O) groups excluding carboxylic acids is 1. The summed E-state index contributed by atoms with van der Waals surface area (Å²) in [7, 11) is 1.25. The van der Waals surface area contributed by atoms with Crippen molar-refractivity contribution in [3.05, 3.63) is 23.2 Å². The van der Waals surface area contributed by atoms with E-state index in [2.05, 4.69) is 4.74 Å². The highest BCUT2D eigenvalue weighted by Gasteiger charge is 2.58. The SMILES string of the molecule is COC(=O)c1cc(C2(CN)CC(F)(F)C2)oc1C. The molecule has 1 aromatic heterocycles. The molecule has 0 spiro atoms. The topological polar surface area (TPSA) is 65.5 Å². The van der Waals surface area contributed by atoms with Gasteiger partial charge in [-0.15, -0.1) is 0 Å². The Kier molecular flexibility index (Phi) is 2.93. The van der Waals surface area contributed by atoms with E-state index in [0.29, 0.717) is 11.5 Å². The molecule has 1 aliphatic rings. The number of nitrogens with two attached hydrogens (primary N) is 1. The number of alkyl halides is 2. The molecule has 0 radical (unpaired) electrons. The minimum absolute atomic E-state index is 0.0656. The Bertz CT molecular complexity index is 474. The van der Waals surface area contributed by atoms with Gasteiger partial charge in [-0.2, -0.15) is 0 Å². The Morgan fingerprint density at radius 1 is 1.56 bits per heavy atom. The van der Waals surface area contributed by atoms with Crippen LogP contribution in [0.1, 0.15) is 34.7 Å². The second kappa shape index (κ2) is 4.05. The van der Waals surface area contributed by atoms with E-state index in [1.165, 1.54) is 13.2 Å². The lowest BCUT2D eigenvalue weighted by Gasteiger charge is -2.45. The second-order valence-electron chi connectivity index (χ2n) is 4.77. The number of aryl methyl sites for hydroxylation is 1. The summed E-state index contributed by atoms with van der Waals surface area (Å²) in [6.45, 7) is 1.66. The Morgan fingerprint density at radius 3 is 2.61 bits per heavy atom. The van der Waals surface area contributed by atoms with Gasteiger partial charge in [-0.05, 0) is 13.0 Å². The number of hydrogen-bond acceptors (Lipinski definition) is 4. The van der Waals surface area contributed by atoms with E-state index >= 15 is 0 Å². The van der Waals surface area contributed by atoms with Crippen LogP contribution in [-0.4, -0.2) is 25.5 Å². The lowest BCUT2D eigenvalue weighted by molar-refractivity contribution is -0.129. The quantitative estimate of drug-likeness (QED) is 0.843. The lowest BCUT2D eigenvalue weighted by atomic mass is 9.64. The molecule has 0 amide bonds. The van der Waals surface area contributed by atoms with Crippen molar-refractivity contribution in [2.24, 2.45) is 5.73 Å². The van der Waals surface area contributed by atoms with Crippen molar-refractivity contribution in [1.82, 2.24) is 0 Å². The van der Waals surface area contributed by atoms with E-state index in [0.717, 1.165) is 0 Å². The molecule has 100 valence electrons. The first-order valence-corrected chi connectivity index (χ1v) is 5.61.